The van der Waals surface area contributed by atoms with E-state index in [-0.39, 0.29) is 17.6 Å². The highest BCUT2D eigenvalue weighted by Gasteiger charge is 2.30. The van der Waals surface area contributed by atoms with Crippen molar-refractivity contribution in [3.05, 3.63) is 29.3 Å². The van der Waals surface area contributed by atoms with Crippen LogP contribution in [0.15, 0.2) is 18.2 Å². The zero-order valence-electron chi connectivity index (χ0n) is 11.2. The number of nitrogens with zero attached hydrogens (tertiary/aromatic N) is 1. The molecule has 0 spiro atoms. The highest BCUT2D eigenvalue weighted by molar-refractivity contribution is 6.03. The number of benzene rings is 1. The Hall–Kier alpha value is -1.88. The quantitative estimate of drug-likeness (QED) is 0.914. The number of carbonyl (C=O) groups excluding carboxylic acids is 1. The van der Waals surface area contributed by atoms with Crippen LogP contribution < -0.4 is 4.90 Å². The van der Waals surface area contributed by atoms with Crippen molar-refractivity contribution in [2.24, 2.45) is 0 Å². The summed E-state index contributed by atoms with van der Waals surface area (Å²) in [5.74, 6) is -0.947. The lowest BCUT2D eigenvalue weighted by molar-refractivity contribution is -0.118. The molecule has 2 aliphatic heterocycles. The maximum absolute atomic E-state index is 12.1. The van der Waals surface area contributed by atoms with Crippen LogP contribution in [0.25, 0.3) is 0 Å². The van der Waals surface area contributed by atoms with Crippen LogP contribution in [0.1, 0.15) is 35.2 Å². The molecule has 3 rings (SSSR count). The molecule has 20 heavy (non-hydrogen) atoms. The molecule has 0 aliphatic carbocycles. The topological polar surface area (TPSA) is 66.8 Å². The lowest BCUT2D eigenvalue weighted by atomic mass is 10.1. The van der Waals surface area contributed by atoms with Crippen LogP contribution in [0, 0.1) is 0 Å². The summed E-state index contributed by atoms with van der Waals surface area (Å²) in [7, 11) is 0. The maximum Gasteiger partial charge on any atom is 0.335 e. The SMILES string of the molecule is O=C(O)c1ccc2c(c1)N(CC1CCCCO1)C(=O)C2. The minimum atomic E-state index is -0.971. The molecular weight excluding hydrogens is 258 g/mol. The fourth-order valence-corrected chi connectivity index (χ4v) is 2.85. The third kappa shape index (κ3) is 2.41. The third-order valence-electron chi connectivity index (χ3n) is 3.93. The van der Waals surface area contributed by atoms with Crippen molar-refractivity contribution in [2.45, 2.75) is 31.8 Å². The highest BCUT2D eigenvalue weighted by Crippen LogP contribution is 2.31. The Morgan fingerprint density at radius 2 is 2.25 bits per heavy atom. The van der Waals surface area contributed by atoms with Gasteiger partial charge in [-0.2, -0.15) is 0 Å². The number of amides is 1. The van der Waals surface area contributed by atoms with Crippen LogP contribution in [0.3, 0.4) is 0 Å². The molecule has 0 bridgehead atoms. The normalized spacial score (nSPS) is 21.9. The van der Waals surface area contributed by atoms with Gasteiger partial charge in [0.1, 0.15) is 0 Å². The number of fused-ring (bicyclic) bond motifs is 1. The average molecular weight is 275 g/mol. The number of hydrogen-bond acceptors (Lipinski definition) is 3. The second-order valence-electron chi connectivity index (χ2n) is 5.32. The Morgan fingerprint density at radius 1 is 1.40 bits per heavy atom. The fraction of sp³-hybridized carbons (Fsp3) is 0.467. The number of anilines is 1. The third-order valence-corrected chi connectivity index (χ3v) is 3.93. The summed E-state index contributed by atoms with van der Waals surface area (Å²) in [5, 5.41) is 9.06. The fourth-order valence-electron chi connectivity index (χ4n) is 2.85. The van der Waals surface area contributed by atoms with Gasteiger partial charge in [-0.15, -0.1) is 0 Å². The molecule has 5 nitrogen and oxygen atoms in total. The van der Waals surface area contributed by atoms with Crippen LogP contribution in [-0.2, 0) is 16.0 Å². The monoisotopic (exact) mass is 275 g/mol. The molecule has 2 aliphatic rings. The largest absolute Gasteiger partial charge is 0.478 e. The number of ether oxygens (including phenoxy) is 1. The molecule has 1 saturated heterocycles. The number of carboxylic acids is 1. The Balaban J connectivity index is 1.83. The van der Waals surface area contributed by atoms with Crippen LogP contribution in [0.4, 0.5) is 5.69 Å². The number of aromatic carboxylic acids is 1. The Bertz CT molecular complexity index is 549. The average Bonchev–Trinajstić information content (AvgIpc) is 2.75. The van der Waals surface area contributed by atoms with Crippen LogP contribution in [0.5, 0.6) is 0 Å². The standard InChI is InChI=1S/C15H17NO4/c17-14-8-10-4-5-11(15(18)19)7-13(10)16(14)9-12-3-1-2-6-20-12/h4-5,7,12H,1-3,6,8-9H2,(H,18,19). The van der Waals surface area contributed by atoms with Crippen LogP contribution in [-0.4, -0.2) is 36.2 Å². The summed E-state index contributed by atoms with van der Waals surface area (Å²) >= 11 is 0. The summed E-state index contributed by atoms with van der Waals surface area (Å²) in [4.78, 5) is 24.8. The summed E-state index contributed by atoms with van der Waals surface area (Å²) < 4.78 is 5.67. The predicted molar refractivity (Wildman–Crippen MR) is 73.0 cm³/mol. The van der Waals surface area contributed by atoms with Gasteiger partial charge >= 0.3 is 5.97 Å². The van der Waals surface area contributed by atoms with Crippen molar-refractivity contribution in [1.29, 1.82) is 0 Å². The van der Waals surface area contributed by atoms with Gasteiger partial charge in [0, 0.05) is 12.3 Å². The Kier molecular flexibility index (Phi) is 3.44. The van der Waals surface area contributed by atoms with Gasteiger partial charge in [0.25, 0.3) is 0 Å². The molecule has 1 N–H and O–H groups in total. The van der Waals surface area contributed by atoms with Crippen molar-refractivity contribution in [2.75, 3.05) is 18.1 Å². The lowest BCUT2D eigenvalue weighted by Crippen LogP contribution is -2.37. The number of carboxylic acid groups (broad SMARTS) is 1. The first-order valence-electron chi connectivity index (χ1n) is 6.93. The van der Waals surface area contributed by atoms with Crippen molar-refractivity contribution in [1.82, 2.24) is 0 Å². The summed E-state index contributed by atoms with van der Waals surface area (Å²) in [6.45, 7) is 1.27. The Morgan fingerprint density at radius 3 is 2.95 bits per heavy atom. The van der Waals surface area contributed by atoms with E-state index in [2.05, 4.69) is 0 Å². The summed E-state index contributed by atoms with van der Waals surface area (Å²) in [5.41, 5.74) is 1.84. The van der Waals surface area contributed by atoms with E-state index in [1.807, 2.05) is 0 Å². The highest BCUT2D eigenvalue weighted by atomic mass is 16.5. The lowest BCUT2D eigenvalue weighted by Gasteiger charge is -2.27. The molecule has 0 aromatic heterocycles. The molecule has 1 amide bonds. The van der Waals surface area contributed by atoms with E-state index >= 15 is 0 Å². The number of rotatable bonds is 3. The van der Waals surface area contributed by atoms with E-state index in [1.54, 1.807) is 23.1 Å². The maximum atomic E-state index is 12.1. The molecule has 2 heterocycles. The molecule has 5 heteroatoms. The minimum Gasteiger partial charge on any atom is -0.478 e. The summed E-state index contributed by atoms with van der Waals surface area (Å²) in [6, 6.07) is 4.87. The van der Waals surface area contributed by atoms with Crippen molar-refractivity contribution in [3.8, 4) is 0 Å². The molecule has 1 atom stereocenters. The van der Waals surface area contributed by atoms with E-state index in [0.29, 0.717) is 13.0 Å². The van der Waals surface area contributed by atoms with Gasteiger partial charge in [-0.05, 0) is 37.0 Å². The minimum absolute atomic E-state index is 0.0247. The van der Waals surface area contributed by atoms with Gasteiger partial charge < -0.3 is 14.7 Å². The van der Waals surface area contributed by atoms with Gasteiger partial charge in [-0.1, -0.05) is 6.07 Å². The smallest absolute Gasteiger partial charge is 0.335 e. The zero-order valence-corrected chi connectivity index (χ0v) is 11.2. The molecule has 0 radical (unpaired) electrons. The molecule has 1 fully saturated rings. The van der Waals surface area contributed by atoms with E-state index in [1.165, 1.54) is 0 Å². The van der Waals surface area contributed by atoms with E-state index in [0.717, 1.165) is 37.1 Å². The van der Waals surface area contributed by atoms with Gasteiger partial charge in [-0.25, -0.2) is 4.79 Å². The van der Waals surface area contributed by atoms with Crippen molar-refractivity contribution < 1.29 is 19.4 Å². The molecule has 1 unspecified atom stereocenters. The van der Waals surface area contributed by atoms with E-state index in [9.17, 15) is 9.59 Å². The first-order valence-corrected chi connectivity index (χ1v) is 6.93. The predicted octanol–water partition coefficient (Wildman–Crippen LogP) is 1.84. The second-order valence-corrected chi connectivity index (χ2v) is 5.32. The zero-order chi connectivity index (χ0) is 14.1. The Labute approximate surface area is 117 Å². The molecule has 1 aromatic carbocycles. The second kappa shape index (κ2) is 5.25. The van der Waals surface area contributed by atoms with E-state index < -0.39 is 5.97 Å². The molecule has 106 valence electrons. The number of carbonyl (C=O) groups is 2. The van der Waals surface area contributed by atoms with Gasteiger partial charge in [0.05, 0.1) is 24.6 Å². The van der Waals surface area contributed by atoms with Gasteiger partial charge in [0.15, 0.2) is 0 Å². The first-order chi connectivity index (χ1) is 9.65. The molecule has 1 aromatic rings. The van der Waals surface area contributed by atoms with Gasteiger partial charge in [-0.3, -0.25) is 4.79 Å². The van der Waals surface area contributed by atoms with Crippen molar-refractivity contribution >= 4 is 17.6 Å². The first kappa shape index (κ1) is 13.1. The number of hydrogen-bond donors (Lipinski definition) is 1. The van der Waals surface area contributed by atoms with Crippen LogP contribution >= 0.6 is 0 Å². The van der Waals surface area contributed by atoms with Gasteiger partial charge in [0.2, 0.25) is 5.91 Å². The van der Waals surface area contributed by atoms with E-state index in [4.69, 9.17) is 9.84 Å². The molecular formula is C15H17NO4. The molecule has 0 saturated carbocycles. The van der Waals surface area contributed by atoms with Crippen LogP contribution in [0.2, 0.25) is 0 Å². The van der Waals surface area contributed by atoms with Crippen molar-refractivity contribution in [3.63, 3.8) is 0 Å². The summed E-state index contributed by atoms with van der Waals surface area (Å²) in [6.07, 6.45) is 3.56.